The fourth-order valence-corrected chi connectivity index (χ4v) is 1.30. The summed E-state index contributed by atoms with van der Waals surface area (Å²) in [6.45, 7) is 5.80. The van der Waals surface area contributed by atoms with E-state index in [-0.39, 0.29) is 0 Å². The molecular weight excluding hydrogens is 214 g/mol. The molecule has 0 spiro atoms. The summed E-state index contributed by atoms with van der Waals surface area (Å²) in [6, 6.07) is 4.00. The predicted octanol–water partition coefficient (Wildman–Crippen LogP) is 0.689. The molecule has 5 nitrogen and oxygen atoms in total. The number of aliphatic imine (C=N–C) groups is 1. The average Bonchev–Trinajstić information content (AvgIpc) is 2.34. The lowest BCUT2D eigenvalue weighted by atomic mass is 10.2. The molecule has 0 fully saturated rings. The molecule has 17 heavy (non-hydrogen) atoms. The highest BCUT2D eigenvalue weighted by atomic mass is 15.3. The number of hydrogen-bond donors (Lipinski definition) is 3. The van der Waals surface area contributed by atoms with Crippen molar-refractivity contribution >= 4 is 5.96 Å². The minimum absolute atomic E-state index is 0.528. The van der Waals surface area contributed by atoms with Crippen molar-refractivity contribution in [3.05, 3.63) is 30.1 Å². The summed E-state index contributed by atoms with van der Waals surface area (Å²) < 4.78 is 0. The molecule has 0 radical (unpaired) electrons. The van der Waals surface area contributed by atoms with Crippen molar-refractivity contribution in [2.45, 2.75) is 20.3 Å². The summed E-state index contributed by atoms with van der Waals surface area (Å²) >= 11 is 0. The second-order valence-corrected chi connectivity index (χ2v) is 4.26. The zero-order chi connectivity index (χ0) is 12.5. The fourth-order valence-electron chi connectivity index (χ4n) is 1.30. The van der Waals surface area contributed by atoms with Crippen LogP contribution in [0.25, 0.3) is 0 Å². The number of hydrogen-bond acceptors (Lipinski definition) is 3. The van der Waals surface area contributed by atoms with E-state index in [0.29, 0.717) is 11.9 Å². The van der Waals surface area contributed by atoms with Crippen molar-refractivity contribution in [2.75, 3.05) is 13.1 Å². The van der Waals surface area contributed by atoms with Gasteiger partial charge in [-0.05, 0) is 30.0 Å². The van der Waals surface area contributed by atoms with E-state index in [2.05, 4.69) is 34.6 Å². The highest BCUT2D eigenvalue weighted by Gasteiger charge is 1.97. The first-order chi connectivity index (χ1) is 8.22. The third-order valence-corrected chi connectivity index (χ3v) is 2.21. The SMILES string of the molecule is CC(C)CN=C(NN)NCCc1ccncc1. The average molecular weight is 235 g/mol. The second kappa shape index (κ2) is 7.62. The third-order valence-electron chi connectivity index (χ3n) is 2.21. The first kappa shape index (κ1) is 13.4. The maximum absolute atomic E-state index is 5.39. The molecule has 0 atom stereocenters. The molecule has 5 heteroatoms. The van der Waals surface area contributed by atoms with Gasteiger partial charge in [0.25, 0.3) is 0 Å². The summed E-state index contributed by atoms with van der Waals surface area (Å²) in [5.41, 5.74) is 3.81. The first-order valence-electron chi connectivity index (χ1n) is 5.86. The summed E-state index contributed by atoms with van der Waals surface area (Å²) in [5, 5.41) is 3.17. The van der Waals surface area contributed by atoms with Crippen molar-refractivity contribution < 1.29 is 0 Å². The zero-order valence-corrected chi connectivity index (χ0v) is 10.5. The molecule has 0 aliphatic carbocycles. The Labute approximate surface area is 103 Å². The van der Waals surface area contributed by atoms with Gasteiger partial charge in [0.05, 0.1) is 0 Å². The largest absolute Gasteiger partial charge is 0.355 e. The highest BCUT2D eigenvalue weighted by molar-refractivity contribution is 5.79. The van der Waals surface area contributed by atoms with Crippen molar-refractivity contribution in [1.29, 1.82) is 0 Å². The highest BCUT2D eigenvalue weighted by Crippen LogP contribution is 1.96. The lowest BCUT2D eigenvalue weighted by Gasteiger charge is -2.09. The normalized spacial score (nSPS) is 11.6. The minimum atomic E-state index is 0.528. The van der Waals surface area contributed by atoms with Crippen LogP contribution in [0.4, 0.5) is 0 Å². The number of guanidine groups is 1. The van der Waals surface area contributed by atoms with E-state index in [1.54, 1.807) is 12.4 Å². The van der Waals surface area contributed by atoms with E-state index in [4.69, 9.17) is 5.84 Å². The van der Waals surface area contributed by atoms with Gasteiger partial charge in [-0.1, -0.05) is 13.8 Å². The molecule has 1 rings (SSSR count). The van der Waals surface area contributed by atoms with Gasteiger partial charge in [0.15, 0.2) is 0 Å². The van der Waals surface area contributed by atoms with Gasteiger partial charge in [-0.2, -0.15) is 0 Å². The lowest BCUT2D eigenvalue weighted by molar-refractivity contribution is 0.656. The summed E-state index contributed by atoms with van der Waals surface area (Å²) in [4.78, 5) is 8.31. The summed E-state index contributed by atoms with van der Waals surface area (Å²) in [6.07, 6.45) is 4.51. The molecule has 0 saturated carbocycles. The van der Waals surface area contributed by atoms with Crippen molar-refractivity contribution in [2.24, 2.45) is 16.8 Å². The van der Waals surface area contributed by atoms with E-state index in [9.17, 15) is 0 Å². The molecular formula is C12H21N5. The number of pyridine rings is 1. The van der Waals surface area contributed by atoms with Crippen molar-refractivity contribution in [3.63, 3.8) is 0 Å². The van der Waals surface area contributed by atoms with Crippen LogP contribution in [0.15, 0.2) is 29.5 Å². The molecule has 0 aromatic carbocycles. The standard InChI is InChI=1S/C12H21N5/c1-10(2)9-16-12(17-13)15-8-5-11-3-6-14-7-4-11/h3-4,6-7,10H,5,8-9,13H2,1-2H3,(H2,15,16,17). The molecule has 0 aliphatic heterocycles. The van der Waals surface area contributed by atoms with Gasteiger partial charge in [-0.25, -0.2) is 5.84 Å². The van der Waals surface area contributed by atoms with Crippen LogP contribution in [0, 0.1) is 5.92 Å². The predicted molar refractivity (Wildman–Crippen MR) is 70.4 cm³/mol. The molecule has 4 N–H and O–H groups in total. The molecule has 0 bridgehead atoms. The van der Waals surface area contributed by atoms with E-state index < -0.39 is 0 Å². The maximum Gasteiger partial charge on any atom is 0.205 e. The number of aromatic nitrogens is 1. The van der Waals surface area contributed by atoms with Crippen molar-refractivity contribution in [1.82, 2.24) is 15.7 Å². The van der Waals surface area contributed by atoms with Gasteiger partial charge in [-0.3, -0.25) is 15.4 Å². The minimum Gasteiger partial charge on any atom is -0.355 e. The molecule has 94 valence electrons. The van der Waals surface area contributed by atoms with E-state index in [1.807, 2.05) is 12.1 Å². The molecule has 1 aromatic heterocycles. The topological polar surface area (TPSA) is 75.3 Å². The number of nitrogens with two attached hydrogens (primary N) is 1. The fraction of sp³-hybridized carbons (Fsp3) is 0.500. The van der Waals surface area contributed by atoms with E-state index in [1.165, 1.54) is 5.56 Å². The Morgan fingerprint density at radius 3 is 2.71 bits per heavy atom. The van der Waals surface area contributed by atoms with Crippen LogP contribution in [-0.2, 0) is 6.42 Å². The summed E-state index contributed by atoms with van der Waals surface area (Å²) in [5.74, 6) is 6.56. The number of rotatable bonds is 5. The molecule has 0 saturated heterocycles. The Hall–Kier alpha value is -1.62. The van der Waals surface area contributed by atoms with Gasteiger partial charge in [0.2, 0.25) is 5.96 Å². The Bertz CT molecular complexity index is 334. The van der Waals surface area contributed by atoms with Crippen LogP contribution in [0.1, 0.15) is 19.4 Å². The number of nitrogens with one attached hydrogen (secondary N) is 2. The molecule has 0 amide bonds. The van der Waals surface area contributed by atoms with E-state index in [0.717, 1.165) is 19.5 Å². The molecule has 0 unspecified atom stereocenters. The van der Waals surface area contributed by atoms with Crippen LogP contribution in [0.5, 0.6) is 0 Å². The Balaban J connectivity index is 2.31. The third kappa shape index (κ3) is 5.87. The first-order valence-corrected chi connectivity index (χ1v) is 5.86. The van der Waals surface area contributed by atoms with Crippen LogP contribution in [-0.4, -0.2) is 24.0 Å². The zero-order valence-electron chi connectivity index (χ0n) is 10.5. The van der Waals surface area contributed by atoms with Gasteiger partial charge in [0.1, 0.15) is 0 Å². The Morgan fingerprint density at radius 2 is 2.12 bits per heavy atom. The van der Waals surface area contributed by atoms with Crippen LogP contribution < -0.4 is 16.6 Å². The molecule has 1 heterocycles. The van der Waals surface area contributed by atoms with Crippen molar-refractivity contribution in [3.8, 4) is 0 Å². The monoisotopic (exact) mass is 235 g/mol. The van der Waals surface area contributed by atoms with Gasteiger partial charge in [-0.15, -0.1) is 0 Å². The molecule has 1 aromatic rings. The summed E-state index contributed by atoms with van der Waals surface area (Å²) in [7, 11) is 0. The smallest absolute Gasteiger partial charge is 0.205 e. The number of nitrogens with zero attached hydrogens (tertiary/aromatic N) is 2. The van der Waals surface area contributed by atoms with Gasteiger partial charge >= 0.3 is 0 Å². The second-order valence-electron chi connectivity index (χ2n) is 4.26. The van der Waals surface area contributed by atoms with Crippen LogP contribution in [0.2, 0.25) is 0 Å². The van der Waals surface area contributed by atoms with Gasteiger partial charge < -0.3 is 5.32 Å². The maximum atomic E-state index is 5.39. The molecule has 0 aliphatic rings. The quantitative estimate of drug-likeness (QED) is 0.304. The van der Waals surface area contributed by atoms with Crippen LogP contribution >= 0.6 is 0 Å². The Morgan fingerprint density at radius 1 is 1.41 bits per heavy atom. The van der Waals surface area contributed by atoms with Gasteiger partial charge in [0, 0.05) is 25.5 Å². The number of hydrazine groups is 1. The lowest BCUT2D eigenvalue weighted by Crippen LogP contribution is -2.42. The Kier molecular flexibility index (Phi) is 6.03. The van der Waals surface area contributed by atoms with E-state index >= 15 is 0 Å². The van der Waals surface area contributed by atoms with Crippen LogP contribution in [0.3, 0.4) is 0 Å².